The van der Waals surface area contributed by atoms with Crippen molar-refractivity contribution in [3.8, 4) is 11.4 Å². The Balaban J connectivity index is 1.56. The lowest BCUT2D eigenvalue weighted by molar-refractivity contribution is -0.115. The molecular weight excluding hydrogens is 443 g/mol. The third-order valence-electron chi connectivity index (χ3n) is 7.93. The van der Waals surface area contributed by atoms with Crippen molar-refractivity contribution < 1.29 is 19.0 Å². The van der Waals surface area contributed by atoms with E-state index < -0.39 is 0 Å². The average Bonchev–Trinajstić information content (AvgIpc) is 3.21. The first-order valence-corrected chi connectivity index (χ1v) is 12.3. The monoisotopic (exact) mass is 476 g/mol. The molecule has 3 aromatic rings. The molecule has 3 atom stereocenters. The van der Waals surface area contributed by atoms with E-state index in [0.29, 0.717) is 0 Å². The van der Waals surface area contributed by atoms with Crippen LogP contribution in [0.4, 0.5) is 4.39 Å². The number of nitrogens with zero attached hydrogens (tertiary/aromatic N) is 2. The van der Waals surface area contributed by atoms with Crippen molar-refractivity contribution in [3.63, 3.8) is 0 Å². The first-order valence-electron chi connectivity index (χ1n) is 12.3. The molecule has 6 heteroatoms. The number of aromatic hydroxyl groups is 1. The van der Waals surface area contributed by atoms with Crippen LogP contribution in [0.2, 0.25) is 0 Å². The first-order chi connectivity index (χ1) is 16.8. The molecule has 0 bridgehead atoms. The number of phenolic OH excluding ortho intramolecular Hbond substituents is 1. The van der Waals surface area contributed by atoms with Crippen LogP contribution in [-0.4, -0.2) is 28.8 Å². The summed E-state index contributed by atoms with van der Waals surface area (Å²) < 4.78 is 27.2. The molecule has 0 radical (unpaired) electrons. The molecule has 35 heavy (non-hydrogen) atoms. The van der Waals surface area contributed by atoms with Gasteiger partial charge < -0.3 is 14.6 Å². The number of fused-ring (bicyclic) bond motifs is 2. The fourth-order valence-corrected chi connectivity index (χ4v) is 6.29. The number of allylic oxidation sites excluding steroid dienone is 1. The number of aromatic nitrogens is 2. The maximum Gasteiger partial charge on any atom is 0.147 e. The Kier molecular flexibility index (Phi) is 6.28. The second kappa shape index (κ2) is 9.25. The predicted octanol–water partition coefficient (Wildman–Crippen LogP) is 6.44. The molecular formula is C29H33FN2O3. The summed E-state index contributed by atoms with van der Waals surface area (Å²) in [5.74, 6) is 0.264. The van der Waals surface area contributed by atoms with E-state index in [4.69, 9.17) is 9.47 Å². The molecule has 5 nitrogen and oxygen atoms in total. The molecule has 0 saturated heterocycles. The summed E-state index contributed by atoms with van der Waals surface area (Å²) in [6.45, 7) is 6.65. The molecule has 2 aliphatic carbocycles. The predicted molar refractivity (Wildman–Crippen MR) is 134 cm³/mol. The Labute approximate surface area is 206 Å². The minimum Gasteiger partial charge on any atom is -0.508 e. The average molecular weight is 477 g/mol. The molecule has 1 aromatic heterocycles. The lowest BCUT2D eigenvalue weighted by Crippen LogP contribution is -2.41. The highest BCUT2D eigenvalue weighted by atomic mass is 19.1. The van der Waals surface area contributed by atoms with Gasteiger partial charge in [0.1, 0.15) is 18.4 Å². The molecule has 2 aromatic carbocycles. The summed E-state index contributed by atoms with van der Waals surface area (Å²) in [6.07, 6.45) is 8.11. The zero-order chi connectivity index (χ0) is 24.7. The Bertz CT molecular complexity index is 1240. The normalized spacial score (nSPS) is 22.3. The van der Waals surface area contributed by atoms with Gasteiger partial charge >= 0.3 is 0 Å². The highest BCUT2D eigenvalue weighted by molar-refractivity contribution is 5.61. The van der Waals surface area contributed by atoms with Gasteiger partial charge in [0, 0.05) is 7.11 Å². The third-order valence-corrected chi connectivity index (χ3v) is 7.93. The van der Waals surface area contributed by atoms with Crippen molar-refractivity contribution in [2.75, 3.05) is 13.9 Å². The fraction of sp³-hybridized carbons (Fsp3) is 0.414. The Morgan fingerprint density at radius 3 is 2.60 bits per heavy atom. The van der Waals surface area contributed by atoms with E-state index in [1.165, 1.54) is 23.3 Å². The zero-order valence-electron chi connectivity index (χ0n) is 20.8. The highest BCUT2D eigenvalue weighted by Crippen LogP contribution is 2.56. The van der Waals surface area contributed by atoms with Crippen LogP contribution in [-0.2, 0) is 15.9 Å². The van der Waals surface area contributed by atoms with Gasteiger partial charge in [-0.25, -0.2) is 9.07 Å². The Morgan fingerprint density at radius 1 is 1.20 bits per heavy atom. The summed E-state index contributed by atoms with van der Waals surface area (Å²) in [6, 6.07) is 10.1. The van der Waals surface area contributed by atoms with Crippen molar-refractivity contribution in [1.82, 2.24) is 9.78 Å². The van der Waals surface area contributed by atoms with E-state index >= 15 is 0 Å². The van der Waals surface area contributed by atoms with Crippen molar-refractivity contribution in [2.45, 2.75) is 52.6 Å². The van der Waals surface area contributed by atoms with Gasteiger partial charge in [-0.15, -0.1) is 0 Å². The smallest absolute Gasteiger partial charge is 0.147 e. The van der Waals surface area contributed by atoms with Crippen molar-refractivity contribution in [2.24, 2.45) is 11.3 Å². The number of methoxy groups -OCH3 is 1. The zero-order valence-corrected chi connectivity index (χ0v) is 20.8. The number of hydrogen-bond acceptors (Lipinski definition) is 4. The third kappa shape index (κ3) is 4.19. The van der Waals surface area contributed by atoms with Gasteiger partial charge in [0.15, 0.2) is 0 Å². The number of aryl methyl sites for hydroxylation is 2. The summed E-state index contributed by atoms with van der Waals surface area (Å²) >= 11 is 0. The number of rotatable bonds is 6. The van der Waals surface area contributed by atoms with E-state index in [-0.39, 0.29) is 35.8 Å². The van der Waals surface area contributed by atoms with Crippen LogP contribution in [0.15, 0.2) is 48.2 Å². The minimum atomic E-state index is -0.252. The molecule has 3 unspecified atom stereocenters. The Morgan fingerprint density at radius 2 is 1.91 bits per heavy atom. The minimum absolute atomic E-state index is 0.100. The topological polar surface area (TPSA) is 56.5 Å². The van der Waals surface area contributed by atoms with Crippen molar-refractivity contribution in [3.05, 3.63) is 81.9 Å². The van der Waals surface area contributed by atoms with Gasteiger partial charge in [-0.1, -0.05) is 12.5 Å². The quantitative estimate of drug-likeness (QED) is 0.416. The summed E-state index contributed by atoms with van der Waals surface area (Å²) in [4.78, 5) is 0. The van der Waals surface area contributed by atoms with Gasteiger partial charge in [0.25, 0.3) is 0 Å². The van der Waals surface area contributed by atoms with Gasteiger partial charge in [0.05, 0.1) is 23.7 Å². The number of phenols is 1. The molecule has 0 aliphatic heterocycles. The second-order valence-corrected chi connectivity index (χ2v) is 10.2. The number of halogens is 1. The molecule has 5 rings (SSSR count). The lowest BCUT2D eigenvalue weighted by atomic mass is 9.57. The molecule has 184 valence electrons. The summed E-state index contributed by atoms with van der Waals surface area (Å²) in [7, 11) is 1.65. The van der Waals surface area contributed by atoms with Crippen LogP contribution in [0.25, 0.3) is 11.8 Å². The Hall–Kier alpha value is -2.96. The molecule has 1 heterocycles. The van der Waals surface area contributed by atoms with Crippen molar-refractivity contribution in [1.29, 1.82) is 0 Å². The largest absolute Gasteiger partial charge is 0.508 e. The maximum absolute atomic E-state index is 13.5. The summed E-state index contributed by atoms with van der Waals surface area (Å²) in [5.41, 5.74) is 7.64. The molecule has 0 spiro atoms. The fourth-order valence-electron chi connectivity index (χ4n) is 6.29. The van der Waals surface area contributed by atoms with Crippen LogP contribution < -0.4 is 0 Å². The van der Waals surface area contributed by atoms with E-state index in [0.717, 1.165) is 53.8 Å². The second-order valence-electron chi connectivity index (χ2n) is 10.2. The van der Waals surface area contributed by atoms with E-state index in [9.17, 15) is 9.50 Å². The van der Waals surface area contributed by atoms with E-state index in [1.54, 1.807) is 19.2 Å². The first kappa shape index (κ1) is 23.8. The maximum atomic E-state index is 13.5. The van der Waals surface area contributed by atoms with Crippen LogP contribution in [0.1, 0.15) is 60.2 Å². The highest BCUT2D eigenvalue weighted by Gasteiger charge is 2.47. The van der Waals surface area contributed by atoms with Crippen LogP contribution >= 0.6 is 0 Å². The lowest BCUT2D eigenvalue weighted by Gasteiger charge is -2.49. The molecule has 1 fully saturated rings. The van der Waals surface area contributed by atoms with Gasteiger partial charge in [-0.05, 0) is 116 Å². The standard InChI is InChI=1S/C29H33FN2O3/c1-18-12-24(33)13-19(2)27(18)28(35-17-34-4)25-7-5-6-21-14-26-20(15-29(21,25)3)16-31-32(26)23-10-8-22(30)9-11-23/h8-14,16,25,28,33H,5-7,15,17H2,1-4H3. The SMILES string of the molecule is COCOC(c1c(C)cc(O)cc1C)C1CCCC2=Cc3c(cnn3-c3ccc(F)cc3)CC21C. The molecule has 2 aliphatic rings. The van der Waals surface area contributed by atoms with Crippen LogP contribution in [0.3, 0.4) is 0 Å². The van der Waals surface area contributed by atoms with Crippen LogP contribution in [0.5, 0.6) is 5.75 Å². The number of hydrogen-bond donors (Lipinski definition) is 1. The number of benzene rings is 2. The molecule has 0 amide bonds. The molecule has 1 N–H and O–H groups in total. The van der Waals surface area contributed by atoms with E-state index in [1.807, 2.05) is 36.9 Å². The van der Waals surface area contributed by atoms with Crippen molar-refractivity contribution >= 4 is 6.08 Å². The van der Waals surface area contributed by atoms with Crippen LogP contribution in [0, 0.1) is 31.0 Å². The van der Waals surface area contributed by atoms with Gasteiger partial charge in [0.2, 0.25) is 0 Å². The molecule has 1 saturated carbocycles. The van der Waals surface area contributed by atoms with Gasteiger partial charge in [-0.3, -0.25) is 0 Å². The number of ether oxygens (including phenoxy) is 2. The van der Waals surface area contributed by atoms with E-state index in [2.05, 4.69) is 18.1 Å². The summed E-state index contributed by atoms with van der Waals surface area (Å²) in [5, 5.41) is 14.8. The van der Waals surface area contributed by atoms with Gasteiger partial charge in [-0.2, -0.15) is 5.10 Å².